The van der Waals surface area contributed by atoms with Gasteiger partial charge in [0, 0.05) is 49.9 Å². The minimum atomic E-state index is -0.0331. The summed E-state index contributed by atoms with van der Waals surface area (Å²) >= 11 is 0. The molecule has 2 amide bonds. The van der Waals surface area contributed by atoms with Gasteiger partial charge in [0.15, 0.2) is 0 Å². The summed E-state index contributed by atoms with van der Waals surface area (Å²) in [7, 11) is 0. The average molecular weight is 432 g/mol. The summed E-state index contributed by atoms with van der Waals surface area (Å²) in [6, 6.07) is 8.12. The molecule has 1 saturated heterocycles. The van der Waals surface area contributed by atoms with Crippen LogP contribution in [0.25, 0.3) is 11.1 Å². The van der Waals surface area contributed by atoms with Crippen LogP contribution < -0.4 is 5.32 Å². The number of hydrogen-bond acceptors (Lipinski definition) is 4. The Morgan fingerprint density at radius 1 is 1.22 bits per heavy atom. The van der Waals surface area contributed by atoms with Crippen molar-refractivity contribution in [3.63, 3.8) is 0 Å². The van der Waals surface area contributed by atoms with Gasteiger partial charge < -0.3 is 14.8 Å². The van der Waals surface area contributed by atoms with E-state index in [0.29, 0.717) is 23.3 Å². The molecule has 32 heavy (non-hydrogen) atoms. The number of fused-ring (bicyclic) bond motifs is 2. The van der Waals surface area contributed by atoms with Crippen LogP contribution in [0.15, 0.2) is 24.4 Å². The summed E-state index contributed by atoms with van der Waals surface area (Å²) in [5, 5.41) is 12.6. The van der Waals surface area contributed by atoms with Crippen LogP contribution in [0.5, 0.6) is 0 Å². The highest BCUT2D eigenvalue weighted by molar-refractivity contribution is 5.92. The second-order valence-electron chi connectivity index (χ2n) is 10.5. The first kappa shape index (κ1) is 20.7. The first-order valence-electron chi connectivity index (χ1n) is 11.4. The number of carbonyl (C=O) groups is 2. The largest absolute Gasteiger partial charge is 0.342 e. The maximum atomic E-state index is 13.0. The van der Waals surface area contributed by atoms with Gasteiger partial charge in [0.2, 0.25) is 11.8 Å². The lowest BCUT2D eigenvalue weighted by Crippen LogP contribution is -2.29. The molecule has 3 aliphatic rings. The average Bonchev–Trinajstić information content (AvgIpc) is 3.45. The lowest BCUT2D eigenvalue weighted by atomic mass is 9.89. The third-order valence-corrected chi connectivity index (χ3v) is 7.44. The highest BCUT2D eigenvalue weighted by Gasteiger charge is 2.44. The van der Waals surface area contributed by atoms with Crippen molar-refractivity contribution in [3.05, 3.63) is 35.8 Å². The van der Waals surface area contributed by atoms with Gasteiger partial charge in [-0.1, -0.05) is 13.8 Å². The standard InChI is InChI=1S/C25H29N5O2/c1-15(31)29-12-18-6-17(7-19(18)13-29)24(32)28-23-8-16(4-5-27-23)21-9-20(11-26)30-14-25(2,3)10-22(21)30/h4-5,8-9,17-19H,6-7,10,12-14H2,1-3H3,(H,27,28,32)/t17?,18-,19?/m1/s1. The number of likely N-dealkylation sites (tertiary alicyclic amines) is 1. The van der Waals surface area contributed by atoms with E-state index < -0.39 is 0 Å². The molecular formula is C25H29N5O2. The molecule has 3 atom stereocenters. The molecule has 0 aromatic carbocycles. The van der Waals surface area contributed by atoms with Crippen LogP contribution in [0.3, 0.4) is 0 Å². The summed E-state index contributed by atoms with van der Waals surface area (Å²) in [6.07, 6.45) is 4.28. The lowest BCUT2D eigenvalue weighted by Gasteiger charge is -2.17. The Bertz CT molecular complexity index is 1130. The molecule has 5 rings (SSSR count). The van der Waals surface area contributed by atoms with Crippen molar-refractivity contribution >= 4 is 17.6 Å². The first-order valence-corrected chi connectivity index (χ1v) is 11.4. The van der Waals surface area contributed by atoms with Crippen molar-refractivity contribution in [3.8, 4) is 17.2 Å². The van der Waals surface area contributed by atoms with Gasteiger partial charge in [0.05, 0.1) is 0 Å². The smallest absolute Gasteiger partial charge is 0.228 e. The fraction of sp³-hybridized carbons (Fsp3) is 0.520. The zero-order valence-corrected chi connectivity index (χ0v) is 18.9. The molecule has 2 fully saturated rings. The summed E-state index contributed by atoms with van der Waals surface area (Å²) in [6.45, 7) is 8.44. The molecule has 2 aromatic heterocycles. The van der Waals surface area contributed by atoms with E-state index in [0.717, 1.165) is 50.0 Å². The maximum Gasteiger partial charge on any atom is 0.228 e. The Hall–Kier alpha value is -3.14. The molecule has 1 saturated carbocycles. The Morgan fingerprint density at radius 3 is 2.59 bits per heavy atom. The van der Waals surface area contributed by atoms with E-state index in [1.165, 1.54) is 5.69 Å². The molecule has 166 valence electrons. The van der Waals surface area contributed by atoms with Crippen molar-refractivity contribution in [2.75, 3.05) is 18.4 Å². The normalized spacial score (nSPS) is 25.3. The third kappa shape index (κ3) is 3.58. The van der Waals surface area contributed by atoms with Crippen molar-refractivity contribution < 1.29 is 9.59 Å². The van der Waals surface area contributed by atoms with Gasteiger partial charge in [0.25, 0.3) is 0 Å². The molecule has 7 nitrogen and oxygen atoms in total. The van der Waals surface area contributed by atoms with Crippen LogP contribution in [0.4, 0.5) is 5.82 Å². The Morgan fingerprint density at radius 2 is 1.94 bits per heavy atom. The predicted octanol–water partition coefficient (Wildman–Crippen LogP) is 3.45. The molecular weight excluding hydrogens is 402 g/mol. The van der Waals surface area contributed by atoms with E-state index in [1.54, 1.807) is 13.1 Å². The van der Waals surface area contributed by atoms with Gasteiger partial charge >= 0.3 is 0 Å². The lowest BCUT2D eigenvalue weighted by molar-refractivity contribution is -0.128. The summed E-state index contributed by atoms with van der Waals surface area (Å²) in [4.78, 5) is 30.9. The molecule has 1 N–H and O–H groups in total. The second kappa shape index (κ2) is 7.47. The van der Waals surface area contributed by atoms with Crippen LogP contribution in [0, 0.1) is 34.5 Å². The van der Waals surface area contributed by atoms with Gasteiger partial charge in [-0.2, -0.15) is 5.26 Å². The quantitative estimate of drug-likeness (QED) is 0.806. The molecule has 7 heteroatoms. The maximum absolute atomic E-state index is 13.0. The van der Waals surface area contributed by atoms with Gasteiger partial charge in [-0.15, -0.1) is 0 Å². The molecule has 2 unspecified atom stereocenters. The van der Waals surface area contributed by atoms with Gasteiger partial charge in [-0.05, 0) is 60.3 Å². The molecule has 0 radical (unpaired) electrons. The monoisotopic (exact) mass is 431 g/mol. The van der Waals surface area contributed by atoms with E-state index >= 15 is 0 Å². The fourth-order valence-electron chi connectivity index (χ4n) is 5.91. The number of pyridine rings is 1. The summed E-state index contributed by atoms with van der Waals surface area (Å²) < 4.78 is 2.12. The number of rotatable bonds is 3. The van der Waals surface area contributed by atoms with Crippen LogP contribution in [0.2, 0.25) is 0 Å². The molecule has 0 spiro atoms. The van der Waals surface area contributed by atoms with Crippen LogP contribution in [-0.2, 0) is 22.6 Å². The number of aromatic nitrogens is 2. The van der Waals surface area contributed by atoms with Gasteiger partial charge in [-0.3, -0.25) is 9.59 Å². The number of carbonyl (C=O) groups excluding carboxylic acids is 2. The molecule has 2 aromatic rings. The fourth-order valence-corrected chi connectivity index (χ4v) is 5.91. The van der Waals surface area contributed by atoms with Gasteiger partial charge in [-0.25, -0.2) is 4.98 Å². The predicted molar refractivity (Wildman–Crippen MR) is 120 cm³/mol. The van der Waals surface area contributed by atoms with Crippen molar-refractivity contribution in [2.45, 2.75) is 46.6 Å². The SMILES string of the molecule is CC(=O)N1CC2CC(C(=O)Nc3cc(-c4cc(C#N)n5c4CC(C)(C)C5)ccn3)C[C@@H]2C1. The number of nitrogens with zero attached hydrogens (tertiary/aromatic N) is 4. The van der Waals surface area contributed by atoms with E-state index in [9.17, 15) is 14.9 Å². The van der Waals surface area contributed by atoms with Gasteiger partial charge in [0.1, 0.15) is 17.6 Å². The Balaban J connectivity index is 1.31. The number of amides is 2. The van der Waals surface area contributed by atoms with Crippen LogP contribution in [0.1, 0.15) is 45.0 Å². The topological polar surface area (TPSA) is 91.0 Å². The Kier molecular flexibility index (Phi) is 4.85. The highest BCUT2D eigenvalue weighted by atomic mass is 16.2. The first-order chi connectivity index (χ1) is 15.2. The van der Waals surface area contributed by atoms with E-state index in [4.69, 9.17) is 0 Å². The van der Waals surface area contributed by atoms with E-state index in [2.05, 4.69) is 34.8 Å². The second-order valence-corrected chi connectivity index (χ2v) is 10.5. The van der Waals surface area contributed by atoms with Crippen molar-refractivity contribution in [1.29, 1.82) is 5.26 Å². The van der Waals surface area contributed by atoms with Crippen LogP contribution >= 0.6 is 0 Å². The van der Waals surface area contributed by atoms with E-state index in [1.807, 2.05) is 23.1 Å². The van der Waals surface area contributed by atoms with Crippen molar-refractivity contribution in [2.24, 2.45) is 23.2 Å². The molecule has 4 heterocycles. The highest BCUT2D eigenvalue weighted by Crippen LogP contribution is 2.42. The summed E-state index contributed by atoms with van der Waals surface area (Å²) in [5.74, 6) is 1.50. The minimum Gasteiger partial charge on any atom is -0.342 e. The third-order valence-electron chi connectivity index (χ3n) is 7.44. The number of nitrogens with one attached hydrogen (secondary N) is 1. The molecule has 2 aliphatic heterocycles. The number of hydrogen-bond donors (Lipinski definition) is 1. The number of anilines is 1. The zero-order chi connectivity index (χ0) is 22.6. The minimum absolute atomic E-state index is 0.0133. The zero-order valence-electron chi connectivity index (χ0n) is 18.9. The number of nitriles is 1. The van der Waals surface area contributed by atoms with E-state index in [-0.39, 0.29) is 23.1 Å². The Labute approximate surface area is 188 Å². The van der Waals surface area contributed by atoms with Crippen LogP contribution in [-0.4, -0.2) is 39.4 Å². The molecule has 1 aliphatic carbocycles. The summed E-state index contributed by atoms with van der Waals surface area (Å²) in [5.41, 5.74) is 4.00. The van der Waals surface area contributed by atoms with Crippen molar-refractivity contribution in [1.82, 2.24) is 14.5 Å². The molecule has 0 bridgehead atoms.